The van der Waals surface area contributed by atoms with Gasteiger partial charge in [0.2, 0.25) is 0 Å². The molecule has 0 bridgehead atoms. The number of amides is 4. The second-order valence-corrected chi connectivity index (χ2v) is 6.06. The van der Waals surface area contributed by atoms with Gasteiger partial charge in [-0.1, -0.05) is 42.8 Å². The van der Waals surface area contributed by atoms with Crippen LogP contribution in [0.25, 0.3) is 0 Å². The summed E-state index contributed by atoms with van der Waals surface area (Å²) in [4.78, 5) is 48.4. The fraction of sp³-hybridized carbons (Fsp3) is 0.333. The Balaban J connectivity index is 2.08. The topological polar surface area (TPSA) is 105 Å². The number of imide groups is 1. The maximum Gasteiger partial charge on any atom is 0.344 e. The SMILES string of the molecule is CC[C@]1(c2ccccc2)NC(=O)N(NC(=O)COC(=O)C=C(C)C)C1=O. The summed E-state index contributed by atoms with van der Waals surface area (Å²) in [5, 5.41) is 3.25. The van der Waals surface area contributed by atoms with Gasteiger partial charge < -0.3 is 10.1 Å². The van der Waals surface area contributed by atoms with Gasteiger partial charge in [0.05, 0.1) is 0 Å². The molecule has 1 atom stereocenters. The van der Waals surface area contributed by atoms with Gasteiger partial charge in [0.15, 0.2) is 6.61 Å². The second-order valence-electron chi connectivity index (χ2n) is 6.06. The number of carbonyl (C=O) groups excluding carboxylic acids is 4. The molecule has 0 radical (unpaired) electrons. The number of urea groups is 1. The average molecular weight is 359 g/mol. The number of allylic oxidation sites excluding steroid dienone is 1. The van der Waals surface area contributed by atoms with Crippen LogP contribution in [0, 0.1) is 0 Å². The first-order valence-electron chi connectivity index (χ1n) is 8.13. The molecule has 2 rings (SSSR count). The molecular formula is C18H21N3O5. The molecule has 1 saturated heterocycles. The second kappa shape index (κ2) is 7.81. The number of rotatable bonds is 6. The molecule has 138 valence electrons. The van der Waals surface area contributed by atoms with E-state index in [1.165, 1.54) is 6.08 Å². The third kappa shape index (κ3) is 3.90. The zero-order valence-electron chi connectivity index (χ0n) is 14.9. The van der Waals surface area contributed by atoms with Gasteiger partial charge in [0, 0.05) is 6.08 Å². The molecule has 0 aliphatic carbocycles. The number of esters is 1. The van der Waals surface area contributed by atoms with Gasteiger partial charge in [-0.25, -0.2) is 9.59 Å². The molecule has 0 spiro atoms. The highest BCUT2D eigenvalue weighted by Gasteiger charge is 2.52. The zero-order chi connectivity index (χ0) is 19.3. The highest BCUT2D eigenvalue weighted by atomic mass is 16.5. The van der Waals surface area contributed by atoms with Crippen LogP contribution in [0.4, 0.5) is 4.79 Å². The predicted molar refractivity (Wildman–Crippen MR) is 92.3 cm³/mol. The standard InChI is InChI=1S/C18H21N3O5/c1-4-18(13-8-6-5-7-9-13)16(24)21(17(25)19-18)20-14(22)11-26-15(23)10-12(2)3/h5-10H,4,11H2,1-3H3,(H,19,25)(H,20,22)/t18-/m1/s1. The third-order valence-electron chi connectivity index (χ3n) is 3.88. The van der Waals surface area contributed by atoms with E-state index in [4.69, 9.17) is 4.74 Å². The summed E-state index contributed by atoms with van der Waals surface area (Å²) < 4.78 is 4.76. The first kappa shape index (κ1) is 19.2. The van der Waals surface area contributed by atoms with Crippen molar-refractivity contribution in [3.8, 4) is 0 Å². The van der Waals surface area contributed by atoms with Gasteiger partial charge in [-0.15, -0.1) is 0 Å². The normalized spacial score (nSPS) is 19.0. The Morgan fingerprint density at radius 2 is 1.88 bits per heavy atom. The van der Waals surface area contributed by atoms with E-state index in [0.29, 0.717) is 17.0 Å². The summed E-state index contributed by atoms with van der Waals surface area (Å²) in [7, 11) is 0. The Bertz CT molecular complexity index is 755. The van der Waals surface area contributed by atoms with E-state index in [-0.39, 0.29) is 0 Å². The van der Waals surface area contributed by atoms with Gasteiger partial charge >= 0.3 is 12.0 Å². The van der Waals surface area contributed by atoms with Crippen LogP contribution in [-0.2, 0) is 24.7 Å². The van der Waals surface area contributed by atoms with E-state index in [9.17, 15) is 19.2 Å². The first-order chi connectivity index (χ1) is 12.3. The zero-order valence-corrected chi connectivity index (χ0v) is 14.9. The van der Waals surface area contributed by atoms with Crippen LogP contribution in [0.5, 0.6) is 0 Å². The Hall–Kier alpha value is -3.16. The number of benzene rings is 1. The Kier molecular flexibility index (Phi) is 5.76. The van der Waals surface area contributed by atoms with Gasteiger partial charge in [0.1, 0.15) is 5.54 Å². The van der Waals surface area contributed by atoms with Crippen LogP contribution in [0.15, 0.2) is 42.0 Å². The van der Waals surface area contributed by atoms with Crippen molar-refractivity contribution in [2.24, 2.45) is 0 Å². The summed E-state index contributed by atoms with van der Waals surface area (Å²) in [5.41, 5.74) is 2.28. The van der Waals surface area contributed by atoms with Crippen molar-refractivity contribution in [2.75, 3.05) is 6.61 Å². The van der Waals surface area contributed by atoms with E-state index in [0.717, 1.165) is 5.57 Å². The van der Waals surface area contributed by atoms with Crippen LogP contribution < -0.4 is 10.7 Å². The molecular weight excluding hydrogens is 338 g/mol. The number of ether oxygens (including phenoxy) is 1. The molecule has 8 nitrogen and oxygen atoms in total. The number of nitrogens with zero attached hydrogens (tertiary/aromatic N) is 1. The molecule has 1 heterocycles. The largest absolute Gasteiger partial charge is 0.452 e. The molecule has 2 N–H and O–H groups in total. The molecule has 1 aliphatic rings. The highest BCUT2D eigenvalue weighted by molar-refractivity contribution is 6.08. The first-order valence-corrected chi connectivity index (χ1v) is 8.13. The van der Waals surface area contributed by atoms with E-state index >= 15 is 0 Å². The smallest absolute Gasteiger partial charge is 0.344 e. The van der Waals surface area contributed by atoms with Crippen molar-refractivity contribution in [2.45, 2.75) is 32.7 Å². The van der Waals surface area contributed by atoms with Crippen molar-refractivity contribution in [1.82, 2.24) is 15.8 Å². The lowest BCUT2D eigenvalue weighted by atomic mass is 9.87. The maximum atomic E-state index is 12.8. The summed E-state index contributed by atoms with van der Waals surface area (Å²) in [6, 6.07) is 8.04. The number of hydrogen-bond donors (Lipinski definition) is 2. The monoisotopic (exact) mass is 359 g/mol. The van der Waals surface area contributed by atoms with Crippen molar-refractivity contribution in [3.05, 3.63) is 47.5 Å². The Labute approximate surface area is 151 Å². The molecule has 0 saturated carbocycles. The molecule has 4 amide bonds. The molecule has 1 aliphatic heterocycles. The Morgan fingerprint density at radius 3 is 2.46 bits per heavy atom. The average Bonchev–Trinajstić information content (AvgIpc) is 2.85. The van der Waals surface area contributed by atoms with Crippen LogP contribution in [0.2, 0.25) is 0 Å². The van der Waals surface area contributed by atoms with Crippen LogP contribution >= 0.6 is 0 Å². The predicted octanol–water partition coefficient (Wildman–Crippen LogP) is 1.38. The quantitative estimate of drug-likeness (QED) is 0.454. The summed E-state index contributed by atoms with van der Waals surface area (Å²) in [6.07, 6.45) is 1.54. The number of nitrogens with one attached hydrogen (secondary N) is 2. The molecule has 8 heteroatoms. The molecule has 1 fully saturated rings. The van der Waals surface area contributed by atoms with Gasteiger partial charge in [-0.3, -0.25) is 15.0 Å². The molecule has 26 heavy (non-hydrogen) atoms. The van der Waals surface area contributed by atoms with Crippen LogP contribution in [0.3, 0.4) is 0 Å². The van der Waals surface area contributed by atoms with Crippen molar-refractivity contribution in [3.63, 3.8) is 0 Å². The number of hydrogen-bond acceptors (Lipinski definition) is 5. The van der Waals surface area contributed by atoms with Crippen molar-refractivity contribution < 1.29 is 23.9 Å². The minimum Gasteiger partial charge on any atom is -0.452 e. The van der Waals surface area contributed by atoms with Gasteiger partial charge in [0.25, 0.3) is 11.8 Å². The Morgan fingerprint density at radius 1 is 1.23 bits per heavy atom. The van der Waals surface area contributed by atoms with E-state index in [1.54, 1.807) is 51.1 Å². The lowest BCUT2D eigenvalue weighted by molar-refractivity contribution is -0.147. The fourth-order valence-corrected chi connectivity index (χ4v) is 2.61. The fourth-order valence-electron chi connectivity index (χ4n) is 2.61. The van der Waals surface area contributed by atoms with Crippen LogP contribution in [0.1, 0.15) is 32.8 Å². The summed E-state index contributed by atoms with van der Waals surface area (Å²) in [6.45, 7) is 4.58. The highest BCUT2D eigenvalue weighted by Crippen LogP contribution is 2.31. The molecule has 1 aromatic rings. The van der Waals surface area contributed by atoms with E-state index in [1.807, 2.05) is 0 Å². The minimum atomic E-state index is -1.25. The maximum absolute atomic E-state index is 12.8. The van der Waals surface area contributed by atoms with E-state index in [2.05, 4.69) is 10.7 Å². The van der Waals surface area contributed by atoms with E-state index < -0.39 is 36.0 Å². The molecule has 0 unspecified atom stereocenters. The van der Waals surface area contributed by atoms with Crippen LogP contribution in [-0.4, -0.2) is 35.4 Å². The van der Waals surface area contributed by atoms with Gasteiger partial charge in [-0.05, 0) is 25.8 Å². The van der Waals surface area contributed by atoms with Gasteiger partial charge in [-0.2, -0.15) is 5.01 Å². The van der Waals surface area contributed by atoms with Crippen molar-refractivity contribution in [1.29, 1.82) is 0 Å². The number of hydrazine groups is 1. The third-order valence-corrected chi connectivity index (χ3v) is 3.88. The lowest BCUT2D eigenvalue weighted by Crippen LogP contribution is -2.49. The minimum absolute atomic E-state index is 0.309. The lowest BCUT2D eigenvalue weighted by Gasteiger charge is -2.25. The number of carbonyl (C=O) groups is 4. The summed E-state index contributed by atoms with van der Waals surface area (Å²) >= 11 is 0. The van der Waals surface area contributed by atoms with Crippen molar-refractivity contribution >= 4 is 23.8 Å². The molecule has 1 aromatic carbocycles. The summed E-state index contributed by atoms with van der Waals surface area (Å²) in [5.74, 6) is -2.06. The molecule has 0 aromatic heterocycles.